The molecule has 0 radical (unpaired) electrons. The predicted octanol–water partition coefficient (Wildman–Crippen LogP) is 7.70. The minimum Gasteiger partial charge on any atom is -0.309 e. The normalized spacial score (nSPS) is 16.0. The van der Waals surface area contributed by atoms with Crippen LogP contribution in [0.25, 0.3) is 0 Å². The molecular formula is C28H37OP. The third-order valence-corrected chi connectivity index (χ3v) is 8.91. The van der Waals surface area contributed by atoms with Gasteiger partial charge >= 0.3 is 0 Å². The van der Waals surface area contributed by atoms with Gasteiger partial charge in [0.1, 0.15) is 0 Å². The minimum atomic E-state index is -3.02. The minimum absolute atomic E-state index is 0.00701. The lowest BCUT2D eigenvalue weighted by Gasteiger charge is -2.50. The van der Waals surface area contributed by atoms with Gasteiger partial charge in [0.25, 0.3) is 0 Å². The van der Waals surface area contributed by atoms with Crippen LogP contribution in [0.5, 0.6) is 0 Å². The van der Waals surface area contributed by atoms with Gasteiger partial charge in [-0.1, -0.05) is 123 Å². The maximum absolute atomic E-state index is 15.3. The van der Waals surface area contributed by atoms with E-state index in [0.717, 1.165) is 15.9 Å². The van der Waals surface area contributed by atoms with Gasteiger partial charge in [-0.05, 0) is 33.0 Å². The van der Waals surface area contributed by atoms with Crippen molar-refractivity contribution in [1.82, 2.24) is 0 Å². The maximum atomic E-state index is 15.3. The molecule has 0 unspecified atom stereocenters. The summed E-state index contributed by atoms with van der Waals surface area (Å²) < 4.78 is 15.3. The molecule has 1 aliphatic rings. The van der Waals surface area contributed by atoms with E-state index < -0.39 is 7.14 Å². The van der Waals surface area contributed by atoms with E-state index in [4.69, 9.17) is 0 Å². The SMILES string of the molecule is CC(C)(C)C1=C(C(C)(C)C)C(P(=O)(c2ccccc2)c2ccccc2)=C1C(C)(C)C. The molecule has 0 atom stereocenters. The number of hydrogen-bond donors (Lipinski definition) is 0. The zero-order valence-corrected chi connectivity index (χ0v) is 21.0. The molecule has 1 nitrogen and oxygen atoms in total. The molecule has 0 fully saturated rings. The Morgan fingerprint density at radius 2 is 0.833 bits per heavy atom. The molecule has 160 valence electrons. The summed E-state index contributed by atoms with van der Waals surface area (Å²) in [5.41, 5.74) is 3.78. The smallest absolute Gasteiger partial charge is 0.171 e. The summed E-state index contributed by atoms with van der Waals surface area (Å²) in [6, 6.07) is 20.2. The Kier molecular flexibility index (Phi) is 5.62. The molecule has 0 saturated carbocycles. The Morgan fingerprint density at radius 1 is 0.500 bits per heavy atom. The molecule has 0 heterocycles. The second-order valence-electron chi connectivity index (χ2n) is 11.5. The van der Waals surface area contributed by atoms with Gasteiger partial charge in [0.05, 0.1) is 0 Å². The third kappa shape index (κ3) is 3.78. The van der Waals surface area contributed by atoms with Gasteiger partial charge < -0.3 is 4.57 Å². The lowest BCUT2D eigenvalue weighted by Crippen LogP contribution is -2.37. The summed E-state index contributed by atoms with van der Waals surface area (Å²) in [5.74, 6) is 0. The van der Waals surface area contributed by atoms with Crippen LogP contribution in [-0.4, -0.2) is 0 Å². The van der Waals surface area contributed by atoms with Gasteiger partial charge in [-0.2, -0.15) is 0 Å². The van der Waals surface area contributed by atoms with Gasteiger partial charge in [0.15, 0.2) is 7.14 Å². The first-order valence-electron chi connectivity index (χ1n) is 10.9. The van der Waals surface area contributed by atoms with Crippen LogP contribution in [0.15, 0.2) is 82.7 Å². The molecule has 2 aromatic rings. The molecule has 0 bridgehead atoms. The van der Waals surface area contributed by atoms with Gasteiger partial charge in [0, 0.05) is 15.9 Å². The van der Waals surface area contributed by atoms with E-state index in [9.17, 15) is 0 Å². The van der Waals surface area contributed by atoms with Crippen LogP contribution >= 0.6 is 7.14 Å². The van der Waals surface area contributed by atoms with Gasteiger partial charge in [-0.15, -0.1) is 0 Å². The Morgan fingerprint density at radius 3 is 1.13 bits per heavy atom. The van der Waals surface area contributed by atoms with Crippen LogP contribution in [0.2, 0.25) is 0 Å². The maximum Gasteiger partial charge on any atom is 0.171 e. The lowest BCUT2D eigenvalue weighted by molar-refractivity contribution is 0.397. The molecule has 1 aliphatic carbocycles. The fourth-order valence-corrected chi connectivity index (χ4v) is 8.16. The van der Waals surface area contributed by atoms with Crippen molar-refractivity contribution in [3.8, 4) is 0 Å². The Hall–Kier alpha value is -1.85. The van der Waals surface area contributed by atoms with Crippen LogP contribution in [-0.2, 0) is 4.57 Å². The first kappa shape index (κ1) is 22.8. The Labute approximate surface area is 183 Å². The summed E-state index contributed by atoms with van der Waals surface area (Å²) in [7, 11) is -3.02. The molecule has 0 N–H and O–H groups in total. The standard InChI is InChI=1S/C28H37OP/c1-26(2,3)22-23(27(4,5)6)25(24(22)28(7,8)9)30(29,20-16-12-10-13-17-20)21-18-14-11-15-19-21/h10-19H,1-9H3. The topological polar surface area (TPSA) is 17.1 Å². The molecule has 0 saturated heterocycles. The second kappa shape index (κ2) is 7.38. The van der Waals surface area contributed by atoms with Crippen LogP contribution in [0.1, 0.15) is 62.3 Å². The first-order chi connectivity index (χ1) is 13.7. The molecule has 2 heteroatoms. The van der Waals surface area contributed by atoms with Crippen molar-refractivity contribution in [2.24, 2.45) is 16.2 Å². The molecule has 0 spiro atoms. The van der Waals surface area contributed by atoms with E-state index in [2.05, 4.69) is 62.3 Å². The van der Waals surface area contributed by atoms with Crippen molar-refractivity contribution >= 4 is 17.8 Å². The Balaban J connectivity index is 2.46. The van der Waals surface area contributed by atoms with Gasteiger partial charge in [-0.25, -0.2) is 0 Å². The molecule has 0 aromatic heterocycles. The van der Waals surface area contributed by atoms with Gasteiger partial charge in [-0.3, -0.25) is 0 Å². The second-order valence-corrected chi connectivity index (χ2v) is 14.2. The number of rotatable bonds is 3. The monoisotopic (exact) mass is 420 g/mol. The average Bonchev–Trinajstić information content (AvgIpc) is 2.58. The van der Waals surface area contributed by atoms with Crippen LogP contribution in [0, 0.1) is 16.2 Å². The number of allylic oxidation sites excluding steroid dienone is 4. The highest BCUT2D eigenvalue weighted by Crippen LogP contribution is 2.69. The van der Waals surface area contributed by atoms with Crippen LogP contribution in [0.3, 0.4) is 0 Å². The highest BCUT2D eigenvalue weighted by Gasteiger charge is 2.51. The Bertz CT molecular complexity index is 990. The molecular weight excluding hydrogens is 383 g/mol. The predicted molar refractivity (Wildman–Crippen MR) is 132 cm³/mol. The van der Waals surface area contributed by atoms with Crippen molar-refractivity contribution in [3.05, 3.63) is 82.7 Å². The summed E-state index contributed by atoms with van der Waals surface area (Å²) in [6.45, 7) is 20.4. The highest BCUT2D eigenvalue weighted by atomic mass is 31.2. The zero-order chi connectivity index (χ0) is 22.5. The molecule has 3 rings (SSSR count). The van der Waals surface area contributed by atoms with Crippen molar-refractivity contribution in [3.63, 3.8) is 0 Å². The number of hydrogen-bond acceptors (Lipinski definition) is 1. The highest BCUT2D eigenvalue weighted by molar-refractivity contribution is 7.82. The van der Waals surface area contributed by atoms with E-state index in [1.165, 1.54) is 16.7 Å². The average molecular weight is 421 g/mol. The largest absolute Gasteiger partial charge is 0.309 e. The molecule has 0 amide bonds. The van der Waals surface area contributed by atoms with Gasteiger partial charge in [0.2, 0.25) is 0 Å². The fourth-order valence-electron chi connectivity index (χ4n) is 4.63. The quantitative estimate of drug-likeness (QED) is 0.465. The van der Waals surface area contributed by atoms with Crippen molar-refractivity contribution < 1.29 is 4.57 Å². The zero-order valence-electron chi connectivity index (χ0n) is 20.1. The lowest BCUT2D eigenvalue weighted by atomic mass is 9.60. The van der Waals surface area contributed by atoms with E-state index in [0.29, 0.717) is 0 Å². The van der Waals surface area contributed by atoms with Crippen LogP contribution in [0.4, 0.5) is 0 Å². The van der Waals surface area contributed by atoms with Crippen LogP contribution < -0.4 is 10.6 Å². The molecule has 30 heavy (non-hydrogen) atoms. The van der Waals surface area contributed by atoms with Crippen molar-refractivity contribution in [1.29, 1.82) is 0 Å². The molecule has 2 aromatic carbocycles. The fraction of sp³-hybridized carbons (Fsp3) is 0.429. The number of benzene rings is 2. The van der Waals surface area contributed by atoms with E-state index >= 15 is 4.57 Å². The first-order valence-corrected chi connectivity index (χ1v) is 12.6. The van der Waals surface area contributed by atoms with E-state index in [1.807, 2.05) is 60.7 Å². The van der Waals surface area contributed by atoms with E-state index in [1.54, 1.807) is 0 Å². The summed E-state index contributed by atoms with van der Waals surface area (Å²) >= 11 is 0. The molecule has 0 aliphatic heterocycles. The summed E-state index contributed by atoms with van der Waals surface area (Å²) in [4.78, 5) is 0. The summed E-state index contributed by atoms with van der Waals surface area (Å²) in [6.07, 6.45) is 0. The van der Waals surface area contributed by atoms with Crippen molar-refractivity contribution in [2.45, 2.75) is 62.3 Å². The summed E-state index contributed by atoms with van der Waals surface area (Å²) in [5, 5.41) is 2.93. The van der Waals surface area contributed by atoms with Crippen molar-refractivity contribution in [2.75, 3.05) is 0 Å². The third-order valence-electron chi connectivity index (χ3n) is 5.78. The van der Waals surface area contributed by atoms with E-state index in [-0.39, 0.29) is 16.2 Å².